The Morgan fingerprint density at radius 1 is 0.608 bits per heavy atom. The number of fused-ring (bicyclic) bond motifs is 5. The molecule has 14 nitrogen and oxygen atoms in total. The van der Waals surface area contributed by atoms with Gasteiger partial charge in [0.1, 0.15) is 30.5 Å². The SMILES string of the molecule is Cc1c(Cc2ccc3c(c2)C(F)(F)CCS3(=O)=O)c2cc(F)ccc2n1CC#N.Cc1c(Cc2ccc3c(c2)C(F)(F)CCS3(=O)=O)c2cc(F)ccc2n1Cc1nn[nH]n1.Cc1cc2cc(F)ccc2n1CC#N.N#CCBr. The summed E-state index contributed by atoms with van der Waals surface area (Å²) in [5.41, 5.74) is 6.40. The summed E-state index contributed by atoms with van der Waals surface area (Å²) in [7, 11) is -7.46. The van der Waals surface area contributed by atoms with E-state index in [4.69, 9.17) is 15.8 Å². The monoisotopic (exact) mass is 1190 g/mol. The molecule has 5 aromatic carbocycles. The molecule has 4 aromatic heterocycles. The van der Waals surface area contributed by atoms with Crippen molar-refractivity contribution in [2.75, 3.05) is 16.8 Å². The average molecular weight is 1190 g/mol. The van der Waals surface area contributed by atoms with Gasteiger partial charge in [0.15, 0.2) is 25.5 Å². The second-order valence-corrected chi connectivity index (χ2v) is 23.4. The molecule has 0 atom stereocenters. The number of nitriles is 3. The van der Waals surface area contributed by atoms with E-state index in [2.05, 4.69) is 48.7 Å². The molecule has 408 valence electrons. The van der Waals surface area contributed by atoms with Crippen LogP contribution in [0.4, 0.5) is 30.7 Å². The Morgan fingerprint density at radius 2 is 1.06 bits per heavy atom. The first-order chi connectivity index (χ1) is 37.4. The van der Waals surface area contributed by atoms with Gasteiger partial charge in [-0.1, -0.05) is 33.3 Å². The summed E-state index contributed by atoms with van der Waals surface area (Å²) in [5, 5.41) is 41.7. The second-order valence-electron chi connectivity index (χ2n) is 18.7. The maximum absolute atomic E-state index is 14.5. The summed E-state index contributed by atoms with van der Waals surface area (Å²) in [6.45, 7) is 6.24. The van der Waals surface area contributed by atoms with Crippen LogP contribution in [0.1, 0.15) is 69.1 Å². The van der Waals surface area contributed by atoms with Gasteiger partial charge in [-0.25, -0.2) is 47.6 Å². The first-order valence-corrected chi connectivity index (χ1v) is 28.5. The molecule has 0 spiro atoms. The summed E-state index contributed by atoms with van der Waals surface area (Å²) in [6, 6.07) is 29.2. The Kier molecular flexibility index (Phi) is 16.6. The van der Waals surface area contributed by atoms with Crippen molar-refractivity contribution in [3.8, 4) is 18.2 Å². The molecule has 0 saturated heterocycles. The number of nitrogens with one attached hydrogen (secondary N) is 1. The molecule has 79 heavy (non-hydrogen) atoms. The van der Waals surface area contributed by atoms with Crippen LogP contribution in [-0.2, 0) is 64.0 Å². The zero-order valence-electron chi connectivity index (χ0n) is 42.3. The van der Waals surface area contributed by atoms with Crippen LogP contribution in [0, 0.1) is 72.2 Å². The van der Waals surface area contributed by atoms with Crippen molar-refractivity contribution in [3.05, 3.63) is 171 Å². The van der Waals surface area contributed by atoms with Crippen molar-refractivity contribution in [2.45, 2.75) is 87.7 Å². The van der Waals surface area contributed by atoms with E-state index < -0.39 is 78.6 Å². The highest BCUT2D eigenvalue weighted by molar-refractivity contribution is 9.09. The molecule has 24 heteroatoms. The van der Waals surface area contributed by atoms with Gasteiger partial charge < -0.3 is 13.7 Å². The molecule has 0 unspecified atom stereocenters. The molecule has 2 aliphatic heterocycles. The first-order valence-electron chi connectivity index (χ1n) is 24.1. The largest absolute Gasteiger partial charge is 0.337 e. The standard InChI is InChI=1S/C21H18F3N5O2S.C21H17F3N2O2S.C11H9FN2.C2H2BrN/c1-12-15(8-13-2-5-19-17(9-13)21(23,24)6-7-32(19,30)31)16-10-14(22)3-4-18(16)29(12)11-20-25-27-28-26-20;1-13-16(17-12-15(22)3-4-19(17)26(13)8-7-25)10-14-2-5-20-18(11-14)21(23,24)6-9-29(20,27)28;1-8-6-9-7-10(12)2-3-11(9)14(8)5-4-13;3-1-2-4/h2-5,9-10H,6-8,11H2,1H3,(H,25,26,27,28);2-5,11-12H,6,8-10H2,1H3;2-3,6-7H,5H2,1H3;1H2. The molecule has 0 bridgehead atoms. The van der Waals surface area contributed by atoms with Crippen LogP contribution >= 0.6 is 15.9 Å². The summed E-state index contributed by atoms with van der Waals surface area (Å²) in [6.07, 6.45) is -1.03. The van der Waals surface area contributed by atoms with Crippen LogP contribution in [0.5, 0.6) is 0 Å². The van der Waals surface area contributed by atoms with Crippen molar-refractivity contribution >= 4 is 68.3 Å². The predicted molar refractivity (Wildman–Crippen MR) is 283 cm³/mol. The normalized spacial score (nSPS) is 15.2. The van der Waals surface area contributed by atoms with E-state index in [9.17, 15) is 47.6 Å². The second kappa shape index (κ2) is 22.9. The summed E-state index contributed by atoms with van der Waals surface area (Å²) in [4.78, 5) is -0.646. The molecule has 0 aliphatic carbocycles. The Balaban J connectivity index is 0.000000160. The topological polar surface area (TPSA) is 209 Å². The number of rotatable bonds is 8. The van der Waals surface area contributed by atoms with Crippen molar-refractivity contribution in [1.82, 2.24) is 34.3 Å². The zero-order valence-corrected chi connectivity index (χ0v) is 45.5. The minimum atomic E-state index is -3.73. The van der Waals surface area contributed by atoms with Gasteiger partial charge >= 0.3 is 0 Å². The summed E-state index contributed by atoms with van der Waals surface area (Å²) < 4.78 is 153. The molecule has 1 N–H and O–H groups in total. The van der Waals surface area contributed by atoms with Crippen LogP contribution < -0.4 is 0 Å². The van der Waals surface area contributed by atoms with E-state index in [1.54, 1.807) is 35.8 Å². The van der Waals surface area contributed by atoms with Gasteiger partial charge in [0.05, 0.1) is 51.4 Å². The van der Waals surface area contributed by atoms with Crippen molar-refractivity contribution in [1.29, 1.82) is 15.8 Å². The molecular formula is C55H46BrF7N10O4S2. The Hall–Kier alpha value is -7.85. The van der Waals surface area contributed by atoms with Gasteiger partial charge in [0, 0.05) is 73.8 Å². The van der Waals surface area contributed by atoms with E-state index in [-0.39, 0.29) is 35.0 Å². The lowest BCUT2D eigenvalue weighted by atomic mass is 9.97. The number of hydrogen-bond donors (Lipinski definition) is 1. The number of halogens is 8. The van der Waals surface area contributed by atoms with Crippen LogP contribution in [0.3, 0.4) is 0 Å². The van der Waals surface area contributed by atoms with E-state index >= 15 is 0 Å². The highest BCUT2D eigenvalue weighted by Crippen LogP contribution is 2.44. The molecule has 0 saturated carbocycles. The Bertz CT molecular complexity index is 4180. The lowest BCUT2D eigenvalue weighted by molar-refractivity contribution is -0.0132. The quantitative estimate of drug-likeness (QED) is 0.112. The van der Waals surface area contributed by atoms with Gasteiger partial charge in [-0.05, 0) is 141 Å². The Labute approximate surface area is 457 Å². The highest BCUT2D eigenvalue weighted by atomic mass is 79.9. The number of aromatic nitrogens is 7. The third-order valence-corrected chi connectivity index (χ3v) is 17.6. The molecule has 0 fully saturated rings. The van der Waals surface area contributed by atoms with Crippen molar-refractivity contribution < 1.29 is 47.6 Å². The zero-order chi connectivity index (χ0) is 57.2. The molecule has 0 amide bonds. The number of tetrazole rings is 1. The number of aromatic amines is 1. The maximum atomic E-state index is 14.5. The van der Waals surface area contributed by atoms with Gasteiger partial charge in [-0.2, -0.15) is 21.0 Å². The number of nitrogens with zero attached hydrogens (tertiary/aromatic N) is 9. The van der Waals surface area contributed by atoms with E-state index in [1.807, 2.05) is 35.1 Å². The molecule has 2 aliphatic rings. The van der Waals surface area contributed by atoms with Crippen LogP contribution in [0.15, 0.2) is 107 Å². The third-order valence-electron chi connectivity index (χ3n) is 13.8. The van der Waals surface area contributed by atoms with Crippen LogP contribution in [0.2, 0.25) is 0 Å². The first kappa shape index (κ1) is 57.3. The fourth-order valence-corrected chi connectivity index (χ4v) is 13.1. The molecule has 6 heterocycles. The van der Waals surface area contributed by atoms with E-state index in [1.165, 1.54) is 66.7 Å². The van der Waals surface area contributed by atoms with E-state index in [0.29, 0.717) is 51.7 Å². The number of hydrogen-bond acceptors (Lipinski definition) is 10. The lowest BCUT2D eigenvalue weighted by Gasteiger charge is -2.25. The number of sulfone groups is 2. The van der Waals surface area contributed by atoms with Crippen LogP contribution in [-0.4, -0.2) is 68.0 Å². The fraction of sp³-hybridized carbons (Fsp3) is 0.273. The number of H-pyrrole nitrogens is 1. The lowest BCUT2D eigenvalue weighted by Crippen LogP contribution is -2.28. The van der Waals surface area contributed by atoms with Crippen molar-refractivity contribution in [3.63, 3.8) is 0 Å². The molecular weight excluding hydrogens is 1140 g/mol. The van der Waals surface area contributed by atoms with E-state index in [0.717, 1.165) is 44.6 Å². The minimum absolute atomic E-state index is 0.0778. The van der Waals surface area contributed by atoms with Gasteiger partial charge in [-0.15, -0.1) is 10.2 Å². The Morgan fingerprint density at radius 3 is 1.53 bits per heavy atom. The fourth-order valence-electron chi connectivity index (χ4n) is 9.93. The minimum Gasteiger partial charge on any atom is -0.337 e. The van der Waals surface area contributed by atoms with Crippen molar-refractivity contribution in [2.24, 2.45) is 0 Å². The number of alkyl halides is 5. The average Bonchev–Trinajstić information content (AvgIpc) is 4.31. The van der Waals surface area contributed by atoms with Gasteiger partial charge in [0.25, 0.3) is 11.8 Å². The summed E-state index contributed by atoms with van der Waals surface area (Å²) in [5.74, 6) is -8.24. The van der Waals surface area contributed by atoms with Gasteiger partial charge in [-0.3, -0.25) is 0 Å². The third kappa shape index (κ3) is 11.9. The molecule has 9 aromatic rings. The predicted octanol–water partition coefficient (Wildman–Crippen LogP) is 11.5. The number of aryl methyl sites for hydroxylation is 1. The van der Waals surface area contributed by atoms with Gasteiger partial charge in [0.2, 0.25) is 0 Å². The summed E-state index contributed by atoms with van der Waals surface area (Å²) >= 11 is 2.89. The smallest absolute Gasteiger partial charge is 0.275 e. The molecule has 11 rings (SSSR count). The highest BCUT2D eigenvalue weighted by Gasteiger charge is 2.44. The number of benzene rings is 5. The molecule has 0 radical (unpaired) electrons. The maximum Gasteiger partial charge on any atom is 0.275 e. The van der Waals surface area contributed by atoms with Crippen LogP contribution in [0.25, 0.3) is 32.7 Å².